The molecule has 0 aliphatic carbocycles. The number of alkyl halides is 2. The number of hydrogen-bond acceptors (Lipinski definition) is 3. The SMILES string of the molecule is NC(=O)Nc1ccc(Cc2ccc(OC(F)F)c(-c3cccc(Cl)c3)c2)cn1. The Morgan fingerprint density at radius 3 is 2.57 bits per heavy atom. The van der Waals surface area contributed by atoms with Gasteiger partial charge in [0.25, 0.3) is 0 Å². The summed E-state index contributed by atoms with van der Waals surface area (Å²) in [6.45, 7) is -2.93. The molecule has 0 unspecified atom stereocenters. The summed E-state index contributed by atoms with van der Waals surface area (Å²) in [5.41, 5.74) is 7.98. The molecule has 144 valence electrons. The third kappa shape index (κ3) is 5.17. The van der Waals surface area contributed by atoms with Crippen LogP contribution in [0.4, 0.5) is 19.4 Å². The van der Waals surface area contributed by atoms with Gasteiger partial charge in [0.05, 0.1) is 0 Å². The summed E-state index contributed by atoms with van der Waals surface area (Å²) in [4.78, 5) is 15.0. The molecule has 0 atom stereocenters. The lowest BCUT2D eigenvalue weighted by molar-refractivity contribution is -0.0494. The lowest BCUT2D eigenvalue weighted by Gasteiger charge is -2.13. The minimum absolute atomic E-state index is 0.0696. The number of nitrogens with two attached hydrogens (primary N) is 1. The van der Waals surface area contributed by atoms with E-state index in [1.807, 2.05) is 0 Å². The van der Waals surface area contributed by atoms with Crippen molar-refractivity contribution in [3.8, 4) is 16.9 Å². The second-order valence-corrected chi connectivity index (χ2v) is 6.37. The minimum atomic E-state index is -2.93. The maximum absolute atomic E-state index is 12.8. The van der Waals surface area contributed by atoms with Crippen molar-refractivity contribution in [3.05, 3.63) is 76.9 Å². The Bertz CT molecular complexity index is 981. The number of halogens is 3. The number of primary amides is 1. The van der Waals surface area contributed by atoms with E-state index in [1.54, 1.807) is 54.7 Å². The van der Waals surface area contributed by atoms with E-state index in [0.717, 1.165) is 11.1 Å². The van der Waals surface area contributed by atoms with Gasteiger partial charge in [0.1, 0.15) is 11.6 Å². The summed E-state index contributed by atoms with van der Waals surface area (Å²) < 4.78 is 30.2. The van der Waals surface area contributed by atoms with E-state index < -0.39 is 12.6 Å². The summed E-state index contributed by atoms with van der Waals surface area (Å²) in [6, 6.07) is 14.6. The number of hydrogen-bond donors (Lipinski definition) is 2. The number of anilines is 1. The number of benzene rings is 2. The highest BCUT2D eigenvalue weighted by molar-refractivity contribution is 6.30. The highest BCUT2D eigenvalue weighted by atomic mass is 35.5. The van der Waals surface area contributed by atoms with E-state index in [1.165, 1.54) is 6.07 Å². The molecule has 1 aromatic heterocycles. The summed E-state index contributed by atoms with van der Waals surface area (Å²) >= 11 is 6.04. The molecule has 2 amide bonds. The standard InChI is InChI=1S/C20H16ClF2N3O2/c21-15-3-1-2-14(10-15)16-9-12(4-6-17(16)28-19(22)23)8-13-5-7-18(25-11-13)26-20(24)27/h1-7,9-11,19H,8H2,(H3,24,25,26,27). The van der Waals surface area contributed by atoms with Crippen LogP contribution in [0.15, 0.2) is 60.8 Å². The molecule has 0 saturated heterocycles. The number of ether oxygens (including phenoxy) is 1. The zero-order valence-electron chi connectivity index (χ0n) is 14.5. The molecule has 0 bridgehead atoms. The summed E-state index contributed by atoms with van der Waals surface area (Å²) in [7, 11) is 0. The normalized spacial score (nSPS) is 10.7. The predicted molar refractivity (Wildman–Crippen MR) is 104 cm³/mol. The highest BCUT2D eigenvalue weighted by Gasteiger charge is 2.13. The maximum atomic E-state index is 12.8. The summed E-state index contributed by atoms with van der Waals surface area (Å²) in [5.74, 6) is 0.414. The first-order valence-electron chi connectivity index (χ1n) is 8.26. The molecular weight excluding hydrogens is 388 g/mol. The van der Waals surface area contributed by atoms with Crippen LogP contribution >= 0.6 is 11.6 Å². The first kappa shape index (κ1) is 19.6. The molecular formula is C20H16ClF2N3O2. The molecule has 3 N–H and O–H groups in total. The van der Waals surface area contributed by atoms with E-state index in [0.29, 0.717) is 28.4 Å². The lowest BCUT2D eigenvalue weighted by Crippen LogP contribution is -2.19. The van der Waals surface area contributed by atoms with Gasteiger partial charge >= 0.3 is 12.6 Å². The zero-order chi connectivity index (χ0) is 20.1. The van der Waals surface area contributed by atoms with Gasteiger partial charge in [0.15, 0.2) is 0 Å². The Labute approximate surface area is 165 Å². The number of rotatable bonds is 6. The average Bonchev–Trinajstić information content (AvgIpc) is 2.64. The lowest BCUT2D eigenvalue weighted by atomic mass is 9.99. The van der Waals surface area contributed by atoms with Crippen molar-refractivity contribution in [3.63, 3.8) is 0 Å². The van der Waals surface area contributed by atoms with Gasteiger partial charge in [-0.3, -0.25) is 5.32 Å². The molecule has 0 radical (unpaired) electrons. The van der Waals surface area contributed by atoms with Crippen molar-refractivity contribution in [2.24, 2.45) is 5.73 Å². The average molecular weight is 404 g/mol. The number of pyridine rings is 1. The summed E-state index contributed by atoms with van der Waals surface area (Å²) in [5, 5.41) is 2.88. The van der Waals surface area contributed by atoms with Crippen molar-refractivity contribution in [1.29, 1.82) is 0 Å². The molecule has 3 rings (SSSR count). The number of carbonyl (C=O) groups is 1. The number of amides is 2. The van der Waals surface area contributed by atoms with Gasteiger partial charge in [-0.15, -0.1) is 0 Å². The molecule has 0 fully saturated rings. The molecule has 28 heavy (non-hydrogen) atoms. The maximum Gasteiger partial charge on any atom is 0.387 e. The number of urea groups is 1. The molecule has 3 aromatic rings. The highest BCUT2D eigenvalue weighted by Crippen LogP contribution is 2.34. The van der Waals surface area contributed by atoms with Crippen molar-refractivity contribution in [2.75, 3.05) is 5.32 Å². The van der Waals surface area contributed by atoms with E-state index in [2.05, 4.69) is 15.0 Å². The van der Waals surface area contributed by atoms with Crippen molar-refractivity contribution in [1.82, 2.24) is 4.98 Å². The fourth-order valence-corrected chi connectivity index (χ4v) is 2.92. The molecule has 0 aliphatic rings. The fourth-order valence-electron chi connectivity index (χ4n) is 2.73. The van der Waals surface area contributed by atoms with Gasteiger partial charge in [0.2, 0.25) is 0 Å². The Hall–Kier alpha value is -3.19. The van der Waals surface area contributed by atoms with Crippen LogP contribution in [0.2, 0.25) is 5.02 Å². The van der Waals surface area contributed by atoms with Crippen LogP contribution in [-0.2, 0) is 6.42 Å². The van der Waals surface area contributed by atoms with Gasteiger partial charge < -0.3 is 10.5 Å². The molecule has 0 spiro atoms. The molecule has 0 aliphatic heterocycles. The molecule has 1 heterocycles. The molecule has 8 heteroatoms. The molecule has 0 saturated carbocycles. The largest absolute Gasteiger partial charge is 0.434 e. The Morgan fingerprint density at radius 1 is 1.14 bits per heavy atom. The number of nitrogens with one attached hydrogen (secondary N) is 1. The first-order valence-corrected chi connectivity index (χ1v) is 8.63. The van der Waals surface area contributed by atoms with E-state index in [9.17, 15) is 13.6 Å². The fraction of sp³-hybridized carbons (Fsp3) is 0.100. The number of carbonyl (C=O) groups excluding carboxylic acids is 1. The van der Waals surface area contributed by atoms with Gasteiger partial charge in [-0.1, -0.05) is 35.9 Å². The van der Waals surface area contributed by atoms with Gasteiger partial charge in [0, 0.05) is 16.8 Å². The second-order valence-electron chi connectivity index (χ2n) is 5.94. The van der Waals surface area contributed by atoms with Crippen LogP contribution in [0, 0.1) is 0 Å². The quantitative estimate of drug-likeness (QED) is 0.602. The topological polar surface area (TPSA) is 77.2 Å². The number of aromatic nitrogens is 1. The van der Waals surface area contributed by atoms with E-state index >= 15 is 0 Å². The third-order valence-electron chi connectivity index (χ3n) is 3.88. The first-order chi connectivity index (χ1) is 13.4. The van der Waals surface area contributed by atoms with E-state index in [-0.39, 0.29) is 5.75 Å². The van der Waals surface area contributed by atoms with Crippen molar-refractivity contribution < 1.29 is 18.3 Å². The Kier molecular flexibility index (Phi) is 6.06. The van der Waals surface area contributed by atoms with Crippen molar-refractivity contribution >= 4 is 23.4 Å². The molecule has 2 aromatic carbocycles. The Morgan fingerprint density at radius 2 is 1.93 bits per heavy atom. The van der Waals surface area contributed by atoms with Crippen LogP contribution in [0.25, 0.3) is 11.1 Å². The monoisotopic (exact) mass is 403 g/mol. The summed E-state index contributed by atoms with van der Waals surface area (Å²) in [6.07, 6.45) is 2.11. The minimum Gasteiger partial charge on any atom is -0.434 e. The Balaban J connectivity index is 1.90. The van der Waals surface area contributed by atoms with Gasteiger partial charge in [-0.05, 0) is 53.4 Å². The zero-order valence-corrected chi connectivity index (χ0v) is 15.3. The van der Waals surface area contributed by atoms with Crippen LogP contribution in [0.5, 0.6) is 5.75 Å². The predicted octanol–water partition coefficient (Wildman–Crippen LogP) is 5.08. The van der Waals surface area contributed by atoms with Crippen molar-refractivity contribution in [2.45, 2.75) is 13.0 Å². The third-order valence-corrected chi connectivity index (χ3v) is 4.12. The van der Waals surface area contributed by atoms with Crippen LogP contribution in [0.3, 0.4) is 0 Å². The van der Waals surface area contributed by atoms with Crippen LogP contribution < -0.4 is 15.8 Å². The van der Waals surface area contributed by atoms with Gasteiger partial charge in [-0.25, -0.2) is 9.78 Å². The van der Waals surface area contributed by atoms with E-state index in [4.69, 9.17) is 17.3 Å². The van der Waals surface area contributed by atoms with Gasteiger partial charge in [-0.2, -0.15) is 8.78 Å². The molecule has 5 nitrogen and oxygen atoms in total. The van der Waals surface area contributed by atoms with Crippen LogP contribution in [-0.4, -0.2) is 17.6 Å². The van der Waals surface area contributed by atoms with Crippen LogP contribution in [0.1, 0.15) is 11.1 Å². The number of nitrogens with zero attached hydrogens (tertiary/aromatic N) is 1. The smallest absolute Gasteiger partial charge is 0.387 e. The second kappa shape index (κ2) is 8.67.